The van der Waals surface area contributed by atoms with Gasteiger partial charge in [0.1, 0.15) is 5.75 Å². The van der Waals surface area contributed by atoms with Crippen LogP contribution in [0.5, 0.6) is 11.5 Å². The van der Waals surface area contributed by atoms with Crippen molar-refractivity contribution in [3.8, 4) is 17.2 Å². The first-order valence-corrected chi connectivity index (χ1v) is 14.8. The maximum Gasteiger partial charge on any atom is 0.299 e. The number of nitrogens with zero attached hydrogens (tertiary/aromatic N) is 4. The number of carbonyl (C=O) groups excluding carboxylic acids is 2. The molecule has 0 bridgehead atoms. The number of halogens is 2. The molecule has 1 aromatic heterocycles. The van der Waals surface area contributed by atoms with Crippen molar-refractivity contribution in [1.29, 1.82) is 0 Å². The van der Waals surface area contributed by atoms with Crippen molar-refractivity contribution in [2.75, 3.05) is 31.5 Å². The Hall–Kier alpha value is -4.34. The van der Waals surface area contributed by atoms with Crippen molar-refractivity contribution in [3.05, 3.63) is 104 Å². The molecule has 9 nitrogen and oxygen atoms in total. The topological polar surface area (TPSA) is 96.8 Å². The van der Waals surface area contributed by atoms with Crippen LogP contribution < -0.4 is 15.6 Å². The summed E-state index contributed by atoms with van der Waals surface area (Å²) >= 11 is 12.3. The van der Waals surface area contributed by atoms with Crippen LogP contribution in [0, 0.1) is 0 Å². The van der Waals surface area contributed by atoms with Gasteiger partial charge in [-0.25, -0.2) is 0 Å². The summed E-state index contributed by atoms with van der Waals surface area (Å²) in [5.74, 6) is 0.767. The number of piperazine rings is 1. The second-order valence-electron chi connectivity index (χ2n) is 10.6. The Morgan fingerprint density at radius 1 is 0.860 bits per heavy atom. The molecule has 43 heavy (non-hydrogen) atoms. The van der Waals surface area contributed by atoms with Crippen LogP contribution in [0.1, 0.15) is 34.8 Å². The Bertz CT molecular complexity index is 1770. The van der Waals surface area contributed by atoms with Gasteiger partial charge in [0, 0.05) is 44.4 Å². The largest absolute Gasteiger partial charge is 0.453 e. The Labute approximate surface area is 258 Å². The van der Waals surface area contributed by atoms with Gasteiger partial charge in [-0.05, 0) is 85.0 Å². The number of fused-ring (bicyclic) bond motifs is 1. The van der Waals surface area contributed by atoms with Gasteiger partial charge < -0.3 is 19.9 Å². The van der Waals surface area contributed by atoms with E-state index in [1.807, 2.05) is 12.1 Å². The average Bonchev–Trinajstić information content (AvgIpc) is 3.49. The first kappa shape index (κ1) is 28.8. The third-order valence-corrected chi connectivity index (χ3v) is 8.54. The number of aromatic nitrogens is 2. The maximum absolute atomic E-state index is 13.8. The normalized spacial score (nSPS) is 14.4. The molecule has 0 atom stereocenters. The maximum atomic E-state index is 13.8. The lowest BCUT2D eigenvalue weighted by atomic mass is 10.1. The molecule has 0 saturated carbocycles. The molecule has 1 saturated heterocycles. The summed E-state index contributed by atoms with van der Waals surface area (Å²) in [6, 6.07) is 17.7. The van der Waals surface area contributed by atoms with Gasteiger partial charge >= 0.3 is 0 Å². The lowest BCUT2D eigenvalue weighted by Crippen LogP contribution is -2.50. The van der Waals surface area contributed by atoms with Crippen molar-refractivity contribution >= 4 is 46.4 Å². The number of ether oxygens (including phenoxy) is 1. The molecule has 2 aliphatic rings. The molecule has 6 rings (SSSR count). The van der Waals surface area contributed by atoms with Crippen LogP contribution in [0.15, 0.2) is 71.7 Å². The van der Waals surface area contributed by atoms with Crippen LogP contribution in [0.25, 0.3) is 5.69 Å². The Morgan fingerprint density at radius 3 is 2.30 bits per heavy atom. The number of aryl methyl sites for hydroxylation is 2. The average molecular weight is 619 g/mol. The van der Waals surface area contributed by atoms with Crippen LogP contribution >= 0.6 is 23.2 Å². The van der Waals surface area contributed by atoms with Gasteiger partial charge in [0.05, 0.1) is 21.9 Å². The summed E-state index contributed by atoms with van der Waals surface area (Å²) in [5, 5.41) is 8.20. The second kappa shape index (κ2) is 12.1. The molecule has 1 aliphatic heterocycles. The quantitative estimate of drug-likeness (QED) is 0.291. The molecule has 2 amide bonds. The molecule has 1 N–H and O–H groups in total. The summed E-state index contributed by atoms with van der Waals surface area (Å²) in [6.45, 7) is 3.52. The standard InChI is InChI=1S/C32H29Cl2N5O4/c1-20(40)37-13-15-38(16-14-37)31(41)22-5-8-24(9-6-22)36-30-29(43-26-11-7-21-3-2-4-23(21)17-26)19-35-39(32(30)42)25-10-12-27(33)28(34)18-25/h5-12,17-19,36H,2-4,13-16H2,1H3. The zero-order chi connectivity index (χ0) is 30.1. The van der Waals surface area contributed by atoms with Gasteiger partial charge in [0.25, 0.3) is 11.5 Å². The van der Waals surface area contributed by atoms with Gasteiger partial charge in [0.15, 0.2) is 11.4 Å². The van der Waals surface area contributed by atoms with E-state index >= 15 is 0 Å². The van der Waals surface area contributed by atoms with Gasteiger partial charge in [-0.3, -0.25) is 14.4 Å². The number of rotatable bonds is 6. The summed E-state index contributed by atoms with van der Waals surface area (Å²) in [5.41, 5.74) is 3.81. The molecule has 2 heterocycles. The Morgan fingerprint density at radius 2 is 1.58 bits per heavy atom. The highest BCUT2D eigenvalue weighted by atomic mass is 35.5. The molecule has 220 valence electrons. The predicted octanol–water partition coefficient (Wildman–Crippen LogP) is 5.87. The zero-order valence-corrected chi connectivity index (χ0v) is 25.0. The highest BCUT2D eigenvalue weighted by molar-refractivity contribution is 6.42. The van der Waals surface area contributed by atoms with Crippen molar-refractivity contribution in [3.63, 3.8) is 0 Å². The van der Waals surface area contributed by atoms with E-state index in [1.165, 1.54) is 28.9 Å². The zero-order valence-electron chi connectivity index (χ0n) is 23.5. The monoisotopic (exact) mass is 617 g/mol. The van der Waals surface area contributed by atoms with Gasteiger partial charge in [-0.15, -0.1) is 0 Å². The lowest BCUT2D eigenvalue weighted by Gasteiger charge is -2.34. The predicted molar refractivity (Wildman–Crippen MR) is 166 cm³/mol. The van der Waals surface area contributed by atoms with Crippen molar-refractivity contribution in [1.82, 2.24) is 19.6 Å². The van der Waals surface area contributed by atoms with E-state index in [1.54, 1.807) is 52.3 Å². The van der Waals surface area contributed by atoms with E-state index in [4.69, 9.17) is 27.9 Å². The number of nitrogens with one attached hydrogen (secondary N) is 1. The fraction of sp³-hybridized carbons (Fsp3) is 0.250. The van der Waals surface area contributed by atoms with E-state index in [9.17, 15) is 14.4 Å². The summed E-state index contributed by atoms with van der Waals surface area (Å²) in [6.07, 6.45) is 4.64. The number of amides is 2. The highest BCUT2D eigenvalue weighted by Crippen LogP contribution is 2.33. The fourth-order valence-corrected chi connectivity index (χ4v) is 5.71. The Kier molecular flexibility index (Phi) is 8.10. The lowest BCUT2D eigenvalue weighted by molar-refractivity contribution is -0.130. The summed E-state index contributed by atoms with van der Waals surface area (Å²) in [4.78, 5) is 42.0. The van der Waals surface area contributed by atoms with Crippen LogP contribution in [0.3, 0.4) is 0 Å². The number of benzene rings is 3. The van der Waals surface area contributed by atoms with E-state index in [2.05, 4.69) is 16.5 Å². The fourth-order valence-electron chi connectivity index (χ4n) is 5.42. The van der Waals surface area contributed by atoms with Crippen molar-refractivity contribution < 1.29 is 14.3 Å². The summed E-state index contributed by atoms with van der Waals surface area (Å²) in [7, 11) is 0. The second-order valence-corrected chi connectivity index (χ2v) is 11.4. The van der Waals surface area contributed by atoms with E-state index < -0.39 is 5.56 Å². The molecule has 1 aliphatic carbocycles. The smallest absolute Gasteiger partial charge is 0.299 e. The van der Waals surface area contributed by atoms with Crippen molar-refractivity contribution in [2.24, 2.45) is 0 Å². The minimum absolute atomic E-state index is 0.0105. The molecule has 11 heteroatoms. The molecule has 4 aromatic rings. The molecule has 0 spiro atoms. The van der Waals surface area contributed by atoms with Gasteiger partial charge in [-0.1, -0.05) is 29.3 Å². The van der Waals surface area contributed by atoms with E-state index in [0.717, 1.165) is 19.3 Å². The molecule has 0 radical (unpaired) electrons. The van der Waals surface area contributed by atoms with E-state index in [-0.39, 0.29) is 23.3 Å². The molecule has 3 aromatic carbocycles. The first-order valence-electron chi connectivity index (χ1n) is 14.1. The molecular formula is C32H29Cl2N5O4. The van der Waals surface area contributed by atoms with Gasteiger partial charge in [0.2, 0.25) is 5.91 Å². The van der Waals surface area contributed by atoms with Crippen LogP contribution in [-0.2, 0) is 17.6 Å². The molecule has 1 fully saturated rings. The number of carbonyl (C=O) groups is 2. The number of hydrogen-bond donors (Lipinski definition) is 1. The highest BCUT2D eigenvalue weighted by Gasteiger charge is 2.23. The SMILES string of the molecule is CC(=O)N1CCN(C(=O)c2ccc(Nc3c(Oc4ccc5c(c4)CCC5)cnn(-c4ccc(Cl)c(Cl)c4)c3=O)cc2)CC1. The molecule has 0 unspecified atom stereocenters. The minimum Gasteiger partial charge on any atom is -0.453 e. The third kappa shape index (κ3) is 6.09. The number of hydrogen-bond acceptors (Lipinski definition) is 6. The van der Waals surface area contributed by atoms with Crippen molar-refractivity contribution in [2.45, 2.75) is 26.2 Å². The first-order chi connectivity index (χ1) is 20.8. The third-order valence-electron chi connectivity index (χ3n) is 7.80. The molecular weight excluding hydrogens is 589 g/mol. The van der Waals surface area contributed by atoms with Gasteiger partial charge in [-0.2, -0.15) is 9.78 Å². The van der Waals surface area contributed by atoms with Crippen LogP contribution in [0.4, 0.5) is 11.4 Å². The van der Waals surface area contributed by atoms with E-state index in [0.29, 0.717) is 58.9 Å². The van der Waals surface area contributed by atoms with Crippen LogP contribution in [-0.4, -0.2) is 57.6 Å². The number of anilines is 2. The Balaban J connectivity index is 1.29. The van der Waals surface area contributed by atoms with Crippen LogP contribution in [0.2, 0.25) is 10.0 Å². The summed E-state index contributed by atoms with van der Waals surface area (Å²) < 4.78 is 7.43. The minimum atomic E-state index is -0.458.